The zero-order chi connectivity index (χ0) is 16.6. The number of methoxy groups -OCH3 is 1. The second-order valence-corrected chi connectivity index (χ2v) is 6.01. The lowest BCUT2D eigenvalue weighted by atomic mass is 10.1. The summed E-state index contributed by atoms with van der Waals surface area (Å²) in [5.74, 6) is -2.46. The number of esters is 1. The molecule has 1 aliphatic carbocycles. The fourth-order valence-electron chi connectivity index (χ4n) is 2.88. The molecule has 124 valence electrons. The van der Waals surface area contributed by atoms with Gasteiger partial charge in [-0.25, -0.2) is 8.78 Å². The molecule has 0 aromatic heterocycles. The van der Waals surface area contributed by atoms with Gasteiger partial charge in [0.2, 0.25) is 0 Å². The second-order valence-electron chi connectivity index (χ2n) is 6.01. The number of rotatable bonds is 3. The van der Waals surface area contributed by atoms with Crippen molar-refractivity contribution in [2.24, 2.45) is 0 Å². The number of nitrogens with zero attached hydrogens (tertiary/aromatic N) is 1. The maximum absolute atomic E-state index is 13.4. The van der Waals surface area contributed by atoms with Gasteiger partial charge in [-0.15, -0.1) is 0 Å². The Hall–Kier alpha value is -2.02. The molecular weight excluding hydrogens is 308 g/mol. The molecule has 1 aromatic rings. The highest BCUT2D eigenvalue weighted by Crippen LogP contribution is 2.45. The normalized spacial score (nSPS) is 22.0. The molecule has 2 aliphatic rings. The van der Waals surface area contributed by atoms with Gasteiger partial charge in [0.25, 0.3) is 5.91 Å². The molecule has 1 heterocycles. The fourth-order valence-corrected chi connectivity index (χ4v) is 2.88. The number of hydrogen-bond acceptors (Lipinski definition) is 4. The van der Waals surface area contributed by atoms with Crippen LogP contribution in [0.15, 0.2) is 18.2 Å². The van der Waals surface area contributed by atoms with E-state index in [2.05, 4.69) is 4.74 Å². The van der Waals surface area contributed by atoms with Crippen molar-refractivity contribution in [2.75, 3.05) is 20.3 Å². The third kappa shape index (κ3) is 3.19. The predicted molar refractivity (Wildman–Crippen MR) is 75.7 cm³/mol. The van der Waals surface area contributed by atoms with E-state index in [1.807, 2.05) is 0 Å². The maximum atomic E-state index is 13.4. The largest absolute Gasteiger partial charge is 0.469 e. The summed E-state index contributed by atoms with van der Waals surface area (Å²) < 4.78 is 37.0. The van der Waals surface area contributed by atoms with E-state index in [1.165, 1.54) is 7.11 Å². The summed E-state index contributed by atoms with van der Waals surface area (Å²) in [4.78, 5) is 25.7. The molecule has 1 saturated carbocycles. The van der Waals surface area contributed by atoms with E-state index in [0.29, 0.717) is 6.61 Å². The van der Waals surface area contributed by atoms with E-state index in [-0.39, 0.29) is 18.5 Å². The Morgan fingerprint density at radius 2 is 1.96 bits per heavy atom. The van der Waals surface area contributed by atoms with Gasteiger partial charge >= 0.3 is 5.97 Å². The third-order valence-electron chi connectivity index (χ3n) is 4.35. The maximum Gasteiger partial charge on any atom is 0.308 e. The highest BCUT2D eigenvalue weighted by molar-refractivity contribution is 5.95. The van der Waals surface area contributed by atoms with Crippen LogP contribution in [0.3, 0.4) is 0 Å². The van der Waals surface area contributed by atoms with Gasteiger partial charge in [0.15, 0.2) is 0 Å². The average Bonchev–Trinajstić information content (AvgIpc) is 3.28. The molecule has 5 nitrogen and oxygen atoms in total. The van der Waals surface area contributed by atoms with Crippen LogP contribution in [0.2, 0.25) is 0 Å². The van der Waals surface area contributed by atoms with Crippen LogP contribution in [0.1, 0.15) is 29.6 Å². The molecule has 2 fully saturated rings. The molecule has 1 unspecified atom stereocenters. The summed E-state index contributed by atoms with van der Waals surface area (Å²) >= 11 is 0. The molecule has 3 rings (SSSR count). The zero-order valence-corrected chi connectivity index (χ0v) is 12.7. The first-order valence-electron chi connectivity index (χ1n) is 7.40. The van der Waals surface area contributed by atoms with Gasteiger partial charge in [-0.05, 0) is 25.0 Å². The Bertz CT molecular complexity index is 625. The molecule has 7 heteroatoms. The van der Waals surface area contributed by atoms with Gasteiger partial charge < -0.3 is 14.4 Å². The Balaban J connectivity index is 1.80. The first-order chi connectivity index (χ1) is 10.9. The minimum Gasteiger partial charge on any atom is -0.469 e. The molecule has 1 saturated heterocycles. The van der Waals surface area contributed by atoms with Crippen LogP contribution < -0.4 is 0 Å². The van der Waals surface area contributed by atoms with Crippen LogP contribution in [0.5, 0.6) is 0 Å². The van der Waals surface area contributed by atoms with E-state index in [9.17, 15) is 18.4 Å². The number of benzene rings is 1. The first kappa shape index (κ1) is 15.9. The Kier molecular flexibility index (Phi) is 4.06. The van der Waals surface area contributed by atoms with Gasteiger partial charge in [0.05, 0.1) is 31.8 Å². The molecule has 1 aromatic carbocycles. The third-order valence-corrected chi connectivity index (χ3v) is 4.35. The number of carbonyl (C=O) groups is 2. The van der Waals surface area contributed by atoms with Crippen LogP contribution in [-0.4, -0.2) is 48.7 Å². The SMILES string of the molecule is COC(=O)CC1CN(C(=O)c2cc(F)cc(F)c2)C2(CC2)CO1. The van der Waals surface area contributed by atoms with Crippen LogP contribution in [0, 0.1) is 11.6 Å². The summed E-state index contributed by atoms with van der Waals surface area (Å²) in [5.41, 5.74) is -0.445. The topological polar surface area (TPSA) is 55.8 Å². The minimum atomic E-state index is -0.794. The van der Waals surface area contributed by atoms with Gasteiger partial charge in [-0.3, -0.25) is 9.59 Å². The van der Waals surface area contributed by atoms with Crippen molar-refractivity contribution in [3.63, 3.8) is 0 Å². The number of hydrogen-bond donors (Lipinski definition) is 0. The molecule has 1 amide bonds. The van der Waals surface area contributed by atoms with Gasteiger partial charge in [-0.1, -0.05) is 0 Å². The highest BCUT2D eigenvalue weighted by Gasteiger charge is 2.54. The smallest absolute Gasteiger partial charge is 0.308 e. The minimum absolute atomic E-state index is 0.0347. The van der Waals surface area contributed by atoms with Crippen molar-refractivity contribution >= 4 is 11.9 Å². The predicted octanol–water partition coefficient (Wildman–Crippen LogP) is 1.90. The summed E-state index contributed by atoms with van der Waals surface area (Å²) in [6.07, 6.45) is 1.12. The number of ether oxygens (including phenoxy) is 2. The Morgan fingerprint density at radius 1 is 1.30 bits per heavy atom. The lowest BCUT2D eigenvalue weighted by Crippen LogP contribution is -2.54. The number of morpholine rings is 1. The molecule has 1 aliphatic heterocycles. The van der Waals surface area contributed by atoms with Gasteiger partial charge in [0, 0.05) is 18.2 Å². The summed E-state index contributed by atoms with van der Waals surface area (Å²) in [5, 5.41) is 0. The van der Waals surface area contributed by atoms with Crippen molar-refractivity contribution in [2.45, 2.75) is 30.9 Å². The van der Waals surface area contributed by atoms with Crippen molar-refractivity contribution in [1.82, 2.24) is 4.90 Å². The van der Waals surface area contributed by atoms with Crippen LogP contribution >= 0.6 is 0 Å². The van der Waals surface area contributed by atoms with E-state index < -0.39 is 35.2 Å². The van der Waals surface area contributed by atoms with Crippen molar-refractivity contribution in [3.8, 4) is 0 Å². The molecule has 1 atom stereocenters. The van der Waals surface area contributed by atoms with Crippen LogP contribution in [-0.2, 0) is 14.3 Å². The quantitative estimate of drug-likeness (QED) is 0.797. The fraction of sp³-hybridized carbons (Fsp3) is 0.500. The summed E-state index contributed by atoms with van der Waals surface area (Å²) in [7, 11) is 1.28. The van der Waals surface area contributed by atoms with Crippen molar-refractivity contribution in [3.05, 3.63) is 35.4 Å². The molecule has 1 spiro atoms. The average molecular weight is 325 g/mol. The van der Waals surface area contributed by atoms with E-state index in [1.54, 1.807) is 4.90 Å². The zero-order valence-electron chi connectivity index (χ0n) is 12.7. The lowest BCUT2D eigenvalue weighted by molar-refractivity contribution is -0.147. The first-order valence-corrected chi connectivity index (χ1v) is 7.40. The van der Waals surface area contributed by atoms with Crippen LogP contribution in [0.25, 0.3) is 0 Å². The molecule has 23 heavy (non-hydrogen) atoms. The Morgan fingerprint density at radius 3 is 2.52 bits per heavy atom. The number of halogens is 2. The molecular formula is C16H17F2NO4. The van der Waals surface area contributed by atoms with E-state index in [0.717, 1.165) is 31.0 Å². The van der Waals surface area contributed by atoms with E-state index >= 15 is 0 Å². The molecule has 0 bridgehead atoms. The van der Waals surface area contributed by atoms with Gasteiger partial charge in [-0.2, -0.15) is 0 Å². The molecule has 0 radical (unpaired) electrons. The summed E-state index contributed by atoms with van der Waals surface area (Å²) in [6.45, 7) is 0.518. The second kappa shape index (κ2) is 5.88. The number of amides is 1. The number of carbonyl (C=O) groups excluding carboxylic acids is 2. The van der Waals surface area contributed by atoms with Crippen LogP contribution in [0.4, 0.5) is 8.78 Å². The molecule has 0 N–H and O–H groups in total. The summed E-state index contributed by atoms with van der Waals surface area (Å²) in [6, 6.07) is 2.77. The Labute approximate surface area is 132 Å². The monoisotopic (exact) mass is 325 g/mol. The standard InChI is InChI=1S/C16H17F2NO4/c1-22-14(20)7-13-8-19(16(2-3-16)9-23-13)15(21)10-4-11(17)6-12(18)5-10/h4-6,13H,2-3,7-9H2,1H3. The van der Waals surface area contributed by atoms with Crippen molar-refractivity contribution in [1.29, 1.82) is 0 Å². The van der Waals surface area contributed by atoms with Gasteiger partial charge in [0.1, 0.15) is 11.6 Å². The van der Waals surface area contributed by atoms with Crippen molar-refractivity contribution < 1.29 is 27.8 Å². The highest BCUT2D eigenvalue weighted by atomic mass is 19.1. The van der Waals surface area contributed by atoms with E-state index in [4.69, 9.17) is 4.74 Å². The lowest BCUT2D eigenvalue weighted by Gasteiger charge is -2.40.